The van der Waals surface area contributed by atoms with Crippen molar-refractivity contribution < 1.29 is 22.0 Å². The van der Waals surface area contributed by atoms with Crippen LogP contribution < -0.4 is 0 Å². The van der Waals surface area contributed by atoms with Gasteiger partial charge in [-0.3, -0.25) is 0 Å². The van der Waals surface area contributed by atoms with E-state index in [2.05, 4.69) is 0 Å². The van der Waals surface area contributed by atoms with Crippen LogP contribution in [0.4, 0.5) is 22.0 Å². The van der Waals surface area contributed by atoms with Crippen LogP contribution in [0, 0.1) is 0 Å². The average Bonchev–Trinajstić information content (AvgIpc) is 2.00. The largest absolute Gasteiger partial charge is 0.417 e. The second kappa shape index (κ2) is 4.14. The Balaban J connectivity index is 3.37. The lowest BCUT2D eigenvalue weighted by molar-refractivity contribution is -0.137. The second-order valence-electron chi connectivity index (χ2n) is 2.65. The maximum atomic E-state index is 12.3. The van der Waals surface area contributed by atoms with Crippen LogP contribution in [-0.2, 0) is 6.18 Å². The van der Waals surface area contributed by atoms with Crippen LogP contribution in [0.3, 0.4) is 0 Å². The molecule has 1 rings (SSSR count). The summed E-state index contributed by atoms with van der Waals surface area (Å²) in [5.41, 5.74) is -2.20. The van der Waals surface area contributed by atoms with Gasteiger partial charge in [0.1, 0.15) is 0 Å². The third-order valence-electron chi connectivity index (χ3n) is 1.63. The molecule has 0 fully saturated rings. The van der Waals surface area contributed by atoms with Gasteiger partial charge in [0.2, 0.25) is 0 Å². The van der Waals surface area contributed by atoms with Crippen LogP contribution in [0.5, 0.6) is 0 Å². The zero-order chi connectivity index (χ0) is 11.8. The normalized spacial score (nSPS) is 12.3. The quantitative estimate of drug-likeness (QED) is 0.630. The molecule has 0 unspecified atom stereocenters. The molecule has 0 nitrogen and oxygen atoms in total. The van der Waals surface area contributed by atoms with Crippen molar-refractivity contribution in [3.8, 4) is 0 Å². The molecule has 0 saturated heterocycles. The SMILES string of the molecule is FC(F)c1cc(C(F)(F)F)c(Cl)cc1Cl. The lowest BCUT2D eigenvalue weighted by atomic mass is 10.1. The van der Waals surface area contributed by atoms with Gasteiger partial charge in [-0.25, -0.2) is 8.78 Å². The second-order valence-corrected chi connectivity index (χ2v) is 3.47. The van der Waals surface area contributed by atoms with Gasteiger partial charge in [-0.05, 0) is 12.1 Å². The maximum absolute atomic E-state index is 12.3. The molecular formula is C8H3Cl2F5. The van der Waals surface area contributed by atoms with Crippen molar-refractivity contribution in [3.05, 3.63) is 33.3 Å². The predicted octanol–water partition coefficient (Wildman–Crippen LogP) is 4.95. The van der Waals surface area contributed by atoms with Gasteiger partial charge in [0, 0.05) is 5.56 Å². The standard InChI is InChI=1S/C8H3Cl2F5/c9-5-2-6(10)4(8(13,14)15)1-3(5)7(11)12/h1-2,7H. The molecule has 1 aromatic carbocycles. The molecular weight excluding hydrogens is 262 g/mol. The van der Waals surface area contributed by atoms with Gasteiger partial charge >= 0.3 is 6.18 Å². The highest BCUT2D eigenvalue weighted by Crippen LogP contribution is 2.39. The van der Waals surface area contributed by atoms with Gasteiger partial charge in [0.15, 0.2) is 0 Å². The van der Waals surface area contributed by atoms with Crippen molar-refractivity contribution in [2.24, 2.45) is 0 Å². The van der Waals surface area contributed by atoms with E-state index in [0.29, 0.717) is 6.07 Å². The monoisotopic (exact) mass is 264 g/mol. The number of rotatable bonds is 1. The fraction of sp³-hybridized carbons (Fsp3) is 0.250. The number of alkyl halides is 5. The summed E-state index contributed by atoms with van der Waals surface area (Å²) in [6.45, 7) is 0. The van der Waals surface area contributed by atoms with Gasteiger partial charge in [-0.1, -0.05) is 23.2 Å². The van der Waals surface area contributed by atoms with Gasteiger partial charge in [-0.15, -0.1) is 0 Å². The summed E-state index contributed by atoms with van der Waals surface area (Å²) < 4.78 is 61.2. The highest BCUT2D eigenvalue weighted by Gasteiger charge is 2.34. The zero-order valence-corrected chi connectivity index (χ0v) is 8.39. The van der Waals surface area contributed by atoms with Crippen LogP contribution >= 0.6 is 23.2 Å². The van der Waals surface area contributed by atoms with E-state index < -0.39 is 33.8 Å². The molecule has 0 bridgehead atoms. The minimum atomic E-state index is -4.77. The molecule has 0 N–H and O–H groups in total. The van der Waals surface area contributed by atoms with Crippen molar-refractivity contribution in [3.63, 3.8) is 0 Å². The molecule has 0 spiro atoms. The third-order valence-corrected chi connectivity index (χ3v) is 2.27. The van der Waals surface area contributed by atoms with Crippen molar-refractivity contribution in [1.82, 2.24) is 0 Å². The van der Waals surface area contributed by atoms with Gasteiger partial charge in [0.05, 0.1) is 15.6 Å². The van der Waals surface area contributed by atoms with Crippen LogP contribution in [0.15, 0.2) is 12.1 Å². The minimum absolute atomic E-state index is 0.259. The predicted molar refractivity (Wildman–Crippen MR) is 46.4 cm³/mol. The van der Waals surface area contributed by atoms with Crippen LogP contribution in [0.1, 0.15) is 17.6 Å². The summed E-state index contributed by atoms with van der Waals surface area (Å²) in [6, 6.07) is 0.919. The zero-order valence-electron chi connectivity index (χ0n) is 6.88. The first kappa shape index (κ1) is 12.5. The van der Waals surface area contributed by atoms with E-state index in [0.717, 1.165) is 0 Å². The minimum Gasteiger partial charge on any atom is -0.205 e. The Labute approximate surface area is 91.6 Å². The van der Waals surface area contributed by atoms with Crippen molar-refractivity contribution in [1.29, 1.82) is 0 Å². The molecule has 0 aromatic heterocycles. The topological polar surface area (TPSA) is 0 Å². The molecule has 0 amide bonds. The fourth-order valence-electron chi connectivity index (χ4n) is 0.950. The van der Waals surface area contributed by atoms with E-state index >= 15 is 0 Å². The van der Waals surface area contributed by atoms with Crippen molar-refractivity contribution in [2.45, 2.75) is 12.6 Å². The molecule has 0 radical (unpaired) electrons. The van der Waals surface area contributed by atoms with Gasteiger partial charge in [-0.2, -0.15) is 13.2 Å². The summed E-state index contributed by atoms with van der Waals surface area (Å²) in [7, 11) is 0. The van der Waals surface area contributed by atoms with E-state index in [1.807, 2.05) is 0 Å². The van der Waals surface area contributed by atoms with Crippen molar-refractivity contribution in [2.75, 3.05) is 0 Å². The highest BCUT2D eigenvalue weighted by atomic mass is 35.5. The first-order chi connectivity index (χ1) is 6.73. The van der Waals surface area contributed by atoms with E-state index in [1.165, 1.54) is 0 Å². The van der Waals surface area contributed by atoms with Crippen molar-refractivity contribution >= 4 is 23.2 Å². The summed E-state index contributed by atoms with van der Waals surface area (Å²) in [6.07, 6.45) is -7.85. The number of hydrogen-bond donors (Lipinski definition) is 0. The molecule has 84 valence electrons. The van der Waals surface area contributed by atoms with E-state index in [9.17, 15) is 22.0 Å². The van der Waals surface area contributed by atoms with Crippen LogP contribution in [-0.4, -0.2) is 0 Å². The van der Waals surface area contributed by atoms with E-state index in [1.54, 1.807) is 0 Å². The first-order valence-corrected chi connectivity index (χ1v) is 4.33. The summed E-state index contributed by atoms with van der Waals surface area (Å²) in [5.74, 6) is 0. The molecule has 0 saturated carbocycles. The van der Waals surface area contributed by atoms with Crippen LogP contribution in [0.25, 0.3) is 0 Å². The Morgan fingerprint density at radius 3 is 1.93 bits per heavy atom. The number of benzene rings is 1. The summed E-state index contributed by atoms with van der Waals surface area (Å²) in [4.78, 5) is 0. The molecule has 0 aliphatic carbocycles. The molecule has 0 heterocycles. The Morgan fingerprint density at radius 1 is 1.00 bits per heavy atom. The molecule has 1 aromatic rings. The maximum Gasteiger partial charge on any atom is 0.417 e. The molecule has 7 heteroatoms. The van der Waals surface area contributed by atoms with E-state index in [4.69, 9.17) is 23.2 Å². The highest BCUT2D eigenvalue weighted by molar-refractivity contribution is 6.35. The van der Waals surface area contributed by atoms with Crippen LogP contribution in [0.2, 0.25) is 10.0 Å². The molecule has 0 atom stereocenters. The van der Waals surface area contributed by atoms with Gasteiger partial charge in [0.25, 0.3) is 6.43 Å². The third kappa shape index (κ3) is 2.72. The lowest BCUT2D eigenvalue weighted by Crippen LogP contribution is -2.07. The number of halogens is 7. The van der Waals surface area contributed by atoms with E-state index in [-0.39, 0.29) is 6.07 Å². The Bertz CT molecular complexity index is 372. The first-order valence-electron chi connectivity index (χ1n) is 3.57. The smallest absolute Gasteiger partial charge is 0.205 e. The average molecular weight is 265 g/mol. The lowest BCUT2D eigenvalue weighted by Gasteiger charge is -2.11. The number of hydrogen-bond acceptors (Lipinski definition) is 0. The van der Waals surface area contributed by atoms with Gasteiger partial charge < -0.3 is 0 Å². The molecule has 15 heavy (non-hydrogen) atoms. The Morgan fingerprint density at radius 2 is 1.53 bits per heavy atom. The fourth-order valence-corrected chi connectivity index (χ4v) is 1.52. The Kier molecular flexibility index (Phi) is 3.45. The summed E-state index contributed by atoms with van der Waals surface area (Å²) >= 11 is 10.6. The Hall–Kier alpha value is -0.550. The molecule has 0 aliphatic rings. The summed E-state index contributed by atoms with van der Waals surface area (Å²) in [5, 5.41) is -1.18. The molecule has 0 aliphatic heterocycles.